The average molecular weight is 253 g/mol. The van der Waals surface area contributed by atoms with Crippen molar-refractivity contribution in [1.29, 1.82) is 0 Å². The molecule has 4 nitrogen and oxygen atoms in total. The lowest BCUT2D eigenvalue weighted by Gasteiger charge is -1.96. The highest BCUT2D eigenvalue weighted by molar-refractivity contribution is 8.00. The Morgan fingerprint density at radius 3 is 3.12 bits per heavy atom. The summed E-state index contributed by atoms with van der Waals surface area (Å²) in [5.74, 6) is 1.40. The van der Waals surface area contributed by atoms with Crippen LogP contribution in [0.3, 0.4) is 0 Å². The molecule has 1 aromatic carbocycles. The van der Waals surface area contributed by atoms with Crippen molar-refractivity contribution in [2.24, 2.45) is 5.73 Å². The molecule has 0 unspecified atom stereocenters. The maximum Gasteiger partial charge on any atom is 0.166 e. The standard InChI is InChI=1S/C10H11N3OS2/c1-14-6-2-3-7-8(4-6)13-10(12-7)16-5-9(11)15/h2-4H,5H2,1H3,(H2,11,15)(H,12,13). The van der Waals surface area contributed by atoms with Crippen LogP contribution in [-0.2, 0) is 0 Å². The number of H-pyrrole nitrogens is 1. The van der Waals surface area contributed by atoms with E-state index in [0.29, 0.717) is 10.7 Å². The zero-order chi connectivity index (χ0) is 11.5. The quantitative estimate of drug-likeness (QED) is 0.644. The maximum atomic E-state index is 5.43. The molecule has 0 saturated heterocycles. The number of imidazole rings is 1. The summed E-state index contributed by atoms with van der Waals surface area (Å²) in [6.07, 6.45) is 0. The Kier molecular flexibility index (Phi) is 3.31. The van der Waals surface area contributed by atoms with E-state index in [1.807, 2.05) is 18.2 Å². The van der Waals surface area contributed by atoms with Crippen LogP contribution in [0, 0.1) is 0 Å². The number of nitrogens with one attached hydrogen (secondary N) is 1. The van der Waals surface area contributed by atoms with Crippen molar-refractivity contribution in [3.63, 3.8) is 0 Å². The van der Waals surface area contributed by atoms with Crippen LogP contribution in [0.1, 0.15) is 0 Å². The largest absolute Gasteiger partial charge is 0.497 e. The van der Waals surface area contributed by atoms with Gasteiger partial charge in [0.1, 0.15) is 5.75 Å². The van der Waals surface area contributed by atoms with Gasteiger partial charge in [0.2, 0.25) is 0 Å². The number of ether oxygens (including phenoxy) is 1. The van der Waals surface area contributed by atoms with Crippen LogP contribution in [0.5, 0.6) is 5.75 Å². The van der Waals surface area contributed by atoms with Gasteiger partial charge in [-0.1, -0.05) is 24.0 Å². The van der Waals surface area contributed by atoms with Crippen molar-refractivity contribution in [1.82, 2.24) is 9.97 Å². The number of aromatic nitrogens is 2. The molecular formula is C10H11N3OS2. The minimum absolute atomic E-state index is 0.475. The Hall–Kier alpha value is -1.27. The molecule has 0 amide bonds. The van der Waals surface area contributed by atoms with E-state index in [2.05, 4.69) is 9.97 Å². The Morgan fingerprint density at radius 2 is 2.44 bits per heavy atom. The van der Waals surface area contributed by atoms with Crippen molar-refractivity contribution in [2.75, 3.05) is 12.9 Å². The second-order valence-corrected chi connectivity index (χ2v) is 4.67. The fourth-order valence-corrected chi connectivity index (χ4v) is 2.10. The summed E-state index contributed by atoms with van der Waals surface area (Å²) < 4.78 is 5.13. The molecule has 1 heterocycles. The molecule has 0 aliphatic carbocycles. The summed E-state index contributed by atoms with van der Waals surface area (Å²) in [5.41, 5.74) is 7.29. The number of aromatic amines is 1. The van der Waals surface area contributed by atoms with Crippen LogP contribution in [-0.4, -0.2) is 27.8 Å². The zero-order valence-corrected chi connectivity index (χ0v) is 10.3. The maximum absolute atomic E-state index is 5.43. The van der Waals surface area contributed by atoms with Gasteiger partial charge in [0, 0.05) is 6.07 Å². The molecule has 0 bridgehead atoms. The minimum atomic E-state index is 0.475. The molecule has 0 saturated carbocycles. The van der Waals surface area contributed by atoms with Crippen LogP contribution < -0.4 is 10.5 Å². The van der Waals surface area contributed by atoms with E-state index in [-0.39, 0.29) is 0 Å². The van der Waals surface area contributed by atoms with Gasteiger partial charge < -0.3 is 15.5 Å². The lowest BCUT2D eigenvalue weighted by Crippen LogP contribution is -2.10. The average Bonchev–Trinajstić information content (AvgIpc) is 2.67. The van der Waals surface area contributed by atoms with Crippen LogP contribution in [0.15, 0.2) is 23.4 Å². The number of hydrogen-bond acceptors (Lipinski definition) is 4. The number of fused-ring (bicyclic) bond motifs is 1. The summed E-state index contributed by atoms with van der Waals surface area (Å²) >= 11 is 6.30. The van der Waals surface area contributed by atoms with Gasteiger partial charge in [0.15, 0.2) is 5.16 Å². The van der Waals surface area contributed by atoms with Gasteiger partial charge in [-0.05, 0) is 12.1 Å². The SMILES string of the molecule is COc1ccc2nc(SCC(N)=S)[nH]c2c1. The predicted octanol–water partition coefficient (Wildman–Crippen LogP) is 1.95. The van der Waals surface area contributed by atoms with Crippen LogP contribution >= 0.6 is 24.0 Å². The van der Waals surface area contributed by atoms with E-state index >= 15 is 0 Å². The molecule has 84 valence electrons. The third kappa shape index (κ3) is 2.45. The number of rotatable bonds is 4. The van der Waals surface area contributed by atoms with Crippen molar-refractivity contribution in [3.8, 4) is 5.75 Å². The van der Waals surface area contributed by atoms with Crippen molar-refractivity contribution in [2.45, 2.75) is 5.16 Å². The second kappa shape index (κ2) is 4.71. The minimum Gasteiger partial charge on any atom is -0.497 e. The number of hydrogen-bond donors (Lipinski definition) is 2. The first kappa shape index (κ1) is 11.2. The molecule has 0 aliphatic heterocycles. The molecule has 16 heavy (non-hydrogen) atoms. The highest BCUT2D eigenvalue weighted by Gasteiger charge is 2.04. The van der Waals surface area contributed by atoms with Crippen LogP contribution in [0.25, 0.3) is 11.0 Å². The molecule has 0 atom stereocenters. The Bertz CT molecular complexity index is 524. The zero-order valence-electron chi connectivity index (χ0n) is 8.69. The number of thioether (sulfide) groups is 1. The number of nitrogens with zero attached hydrogens (tertiary/aromatic N) is 1. The van der Waals surface area contributed by atoms with Gasteiger partial charge in [-0.2, -0.15) is 0 Å². The fourth-order valence-electron chi connectivity index (χ4n) is 1.30. The van der Waals surface area contributed by atoms with E-state index in [0.717, 1.165) is 21.9 Å². The molecule has 2 rings (SSSR count). The summed E-state index contributed by atoms with van der Waals surface area (Å²) in [6.45, 7) is 0. The molecule has 1 aromatic heterocycles. The predicted molar refractivity (Wildman–Crippen MR) is 70.2 cm³/mol. The van der Waals surface area contributed by atoms with Crippen molar-refractivity contribution >= 4 is 40.0 Å². The first-order valence-electron chi connectivity index (χ1n) is 4.64. The lowest BCUT2D eigenvalue weighted by atomic mass is 10.3. The number of methoxy groups -OCH3 is 1. The first-order chi connectivity index (χ1) is 7.69. The monoisotopic (exact) mass is 253 g/mol. The molecule has 3 N–H and O–H groups in total. The van der Waals surface area contributed by atoms with Gasteiger partial charge in [0.25, 0.3) is 0 Å². The fraction of sp³-hybridized carbons (Fsp3) is 0.200. The van der Waals surface area contributed by atoms with Gasteiger partial charge >= 0.3 is 0 Å². The third-order valence-electron chi connectivity index (χ3n) is 2.02. The molecule has 0 spiro atoms. The molecular weight excluding hydrogens is 242 g/mol. The van der Waals surface area contributed by atoms with E-state index < -0.39 is 0 Å². The van der Waals surface area contributed by atoms with E-state index in [9.17, 15) is 0 Å². The number of thiocarbonyl (C=S) groups is 1. The van der Waals surface area contributed by atoms with Gasteiger partial charge in [-0.3, -0.25) is 0 Å². The van der Waals surface area contributed by atoms with Gasteiger partial charge in [0.05, 0.1) is 28.9 Å². The molecule has 0 aliphatic rings. The molecule has 2 aromatic rings. The first-order valence-corrected chi connectivity index (χ1v) is 6.03. The Morgan fingerprint density at radius 1 is 1.62 bits per heavy atom. The topological polar surface area (TPSA) is 63.9 Å². The van der Waals surface area contributed by atoms with E-state index in [4.69, 9.17) is 22.7 Å². The number of nitrogens with two attached hydrogens (primary N) is 1. The van der Waals surface area contributed by atoms with E-state index in [1.54, 1.807) is 7.11 Å². The van der Waals surface area contributed by atoms with Crippen molar-refractivity contribution in [3.05, 3.63) is 18.2 Å². The second-order valence-electron chi connectivity index (χ2n) is 3.18. The Labute approximate surface area is 103 Å². The molecule has 0 fully saturated rings. The summed E-state index contributed by atoms with van der Waals surface area (Å²) in [6, 6.07) is 5.70. The van der Waals surface area contributed by atoms with Crippen LogP contribution in [0.2, 0.25) is 0 Å². The molecule has 6 heteroatoms. The molecule has 0 radical (unpaired) electrons. The third-order valence-corrected chi connectivity index (χ3v) is 3.27. The van der Waals surface area contributed by atoms with Crippen LogP contribution in [0.4, 0.5) is 0 Å². The summed E-state index contributed by atoms with van der Waals surface area (Å²) in [4.78, 5) is 8.05. The van der Waals surface area contributed by atoms with Gasteiger partial charge in [-0.15, -0.1) is 0 Å². The highest BCUT2D eigenvalue weighted by Crippen LogP contribution is 2.22. The number of benzene rings is 1. The highest BCUT2D eigenvalue weighted by atomic mass is 32.2. The van der Waals surface area contributed by atoms with E-state index in [1.165, 1.54) is 11.8 Å². The smallest absolute Gasteiger partial charge is 0.166 e. The normalized spacial score (nSPS) is 10.6. The van der Waals surface area contributed by atoms with Crippen molar-refractivity contribution < 1.29 is 4.74 Å². The van der Waals surface area contributed by atoms with Gasteiger partial charge in [-0.25, -0.2) is 4.98 Å². The summed E-state index contributed by atoms with van der Waals surface area (Å²) in [7, 11) is 1.64. The summed E-state index contributed by atoms with van der Waals surface area (Å²) in [5, 5.41) is 0.816. The lowest BCUT2D eigenvalue weighted by molar-refractivity contribution is 0.415. The Balaban J connectivity index is 2.25.